The molecular weight excluding hydrogens is 511 g/mol. The minimum atomic E-state index is -0.636. The van der Waals surface area contributed by atoms with E-state index in [4.69, 9.17) is 23.2 Å². The predicted octanol–water partition coefficient (Wildman–Crippen LogP) is 6.79. The van der Waals surface area contributed by atoms with Gasteiger partial charge >= 0.3 is 0 Å². The molecule has 1 aliphatic rings. The van der Waals surface area contributed by atoms with Crippen molar-refractivity contribution in [2.24, 2.45) is 10.2 Å². The topological polar surface area (TPSA) is 111 Å². The summed E-state index contributed by atoms with van der Waals surface area (Å²) in [5.41, 5.74) is 1.58. The minimum Gasteiger partial charge on any atom is -0.507 e. The molecule has 1 heterocycles. The van der Waals surface area contributed by atoms with Crippen LogP contribution >= 0.6 is 35.0 Å². The Bertz CT molecular complexity index is 1380. The number of carbonyl (C=O) groups excluding carboxylic acids is 3. The van der Waals surface area contributed by atoms with Crippen LogP contribution in [0.3, 0.4) is 0 Å². The molecule has 3 aromatic rings. The van der Waals surface area contributed by atoms with Crippen LogP contribution in [0.2, 0.25) is 10.0 Å². The van der Waals surface area contributed by atoms with Gasteiger partial charge in [-0.3, -0.25) is 19.3 Å². The monoisotopic (exact) mass is 526 g/mol. The number of phenols is 1. The zero-order valence-electron chi connectivity index (χ0n) is 17.8. The van der Waals surface area contributed by atoms with Crippen LogP contribution in [0.5, 0.6) is 5.75 Å². The van der Waals surface area contributed by atoms with Crippen LogP contribution < -0.4 is 5.32 Å². The Morgan fingerprint density at radius 3 is 2.54 bits per heavy atom. The molecule has 0 aliphatic carbocycles. The highest BCUT2D eigenvalue weighted by molar-refractivity contribution is 8.18. The molecule has 2 N–H and O–H groups in total. The zero-order valence-corrected chi connectivity index (χ0v) is 20.1. The van der Waals surface area contributed by atoms with E-state index in [-0.39, 0.29) is 16.2 Å². The number of amides is 3. The third-order valence-electron chi connectivity index (χ3n) is 4.71. The zero-order chi connectivity index (χ0) is 24.9. The van der Waals surface area contributed by atoms with Gasteiger partial charge in [-0.15, -0.1) is 5.11 Å². The summed E-state index contributed by atoms with van der Waals surface area (Å²) in [6.45, 7) is -0.432. The highest BCUT2D eigenvalue weighted by atomic mass is 35.5. The molecule has 0 bridgehead atoms. The summed E-state index contributed by atoms with van der Waals surface area (Å²) in [6, 6.07) is 17.9. The summed E-state index contributed by atoms with van der Waals surface area (Å²) < 4.78 is 0. The second-order valence-corrected chi connectivity index (χ2v) is 9.06. The molecule has 1 saturated heterocycles. The number of carbonyl (C=O) groups is 3. The largest absolute Gasteiger partial charge is 0.507 e. The average molecular weight is 527 g/mol. The lowest BCUT2D eigenvalue weighted by molar-refractivity contribution is -0.127. The van der Waals surface area contributed by atoms with Crippen LogP contribution in [0.1, 0.15) is 5.56 Å². The number of benzene rings is 3. The molecule has 0 aromatic heterocycles. The first-order valence-electron chi connectivity index (χ1n) is 10.1. The van der Waals surface area contributed by atoms with Crippen molar-refractivity contribution < 1.29 is 19.5 Å². The van der Waals surface area contributed by atoms with E-state index in [1.165, 1.54) is 30.3 Å². The van der Waals surface area contributed by atoms with Gasteiger partial charge < -0.3 is 10.4 Å². The van der Waals surface area contributed by atoms with E-state index in [0.717, 1.165) is 4.90 Å². The summed E-state index contributed by atoms with van der Waals surface area (Å²) in [5.74, 6) is -1.27. The van der Waals surface area contributed by atoms with Crippen LogP contribution in [-0.2, 0) is 9.59 Å². The minimum absolute atomic E-state index is 0.0626. The summed E-state index contributed by atoms with van der Waals surface area (Å²) in [4.78, 5) is 38.3. The Balaban J connectivity index is 1.50. The highest BCUT2D eigenvalue weighted by Gasteiger charge is 2.36. The normalized spacial score (nSPS) is 14.8. The average Bonchev–Trinajstić information content (AvgIpc) is 3.08. The van der Waals surface area contributed by atoms with Crippen molar-refractivity contribution in [3.63, 3.8) is 0 Å². The third kappa shape index (κ3) is 6.07. The number of azo groups is 1. The molecule has 4 rings (SSSR count). The first-order chi connectivity index (χ1) is 16.8. The van der Waals surface area contributed by atoms with Crippen molar-refractivity contribution in [2.75, 3.05) is 11.9 Å². The van der Waals surface area contributed by atoms with Gasteiger partial charge in [0.1, 0.15) is 18.0 Å². The second kappa shape index (κ2) is 10.7. The van der Waals surface area contributed by atoms with Gasteiger partial charge in [-0.05, 0) is 66.4 Å². The molecule has 8 nitrogen and oxygen atoms in total. The maximum absolute atomic E-state index is 12.8. The predicted molar refractivity (Wildman–Crippen MR) is 136 cm³/mol. The number of anilines is 1. The van der Waals surface area contributed by atoms with Gasteiger partial charge in [0.2, 0.25) is 5.91 Å². The molecule has 35 heavy (non-hydrogen) atoms. The number of hydrogen-bond acceptors (Lipinski definition) is 7. The molecule has 0 atom stereocenters. The van der Waals surface area contributed by atoms with E-state index < -0.39 is 23.6 Å². The number of halogens is 2. The van der Waals surface area contributed by atoms with Gasteiger partial charge in [0.15, 0.2) is 0 Å². The van der Waals surface area contributed by atoms with Crippen molar-refractivity contribution in [1.29, 1.82) is 0 Å². The van der Waals surface area contributed by atoms with E-state index in [1.54, 1.807) is 42.5 Å². The van der Waals surface area contributed by atoms with Crippen molar-refractivity contribution in [1.82, 2.24) is 4.90 Å². The number of aromatic hydroxyl groups is 1. The van der Waals surface area contributed by atoms with Gasteiger partial charge in [-0.1, -0.05) is 41.4 Å². The third-order valence-corrected chi connectivity index (χ3v) is 6.16. The summed E-state index contributed by atoms with van der Waals surface area (Å²) >= 11 is 12.7. The molecule has 176 valence electrons. The fraction of sp³-hybridized carbons (Fsp3) is 0.0417. The maximum atomic E-state index is 12.8. The van der Waals surface area contributed by atoms with Crippen LogP contribution in [-0.4, -0.2) is 33.6 Å². The van der Waals surface area contributed by atoms with Crippen LogP contribution in [0.4, 0.5) is 21.9 Å². The number of nitrogens with one attached hydrogen (secondary N) is 1. The lowest BCUT2D eigenvalue weighted by atomic mass is 10.1. The molecule has 1 fully saturated rings. The van der Waals surface area contributed by atoms with Crippen LogP contribution in [0.25, 0.3) is 6.08 Å². The van der Waals surface area contributed by atoms with E-state index >= 15 is 0 Å². The molecule has 0 spiro atoms. The molecule has 3 aromatic carbocycles. The fourth-order valence-electron chi connectivity index (χ4n) is 3.04. The maximum Gasteiger partial charge on any atom is 0.294 e. The quantitative estimate of drug-likeness (QED) is 0.271. The molecule has 3 amide bonds. The van der Waals surface area contributed by atoms with Crippen molar-refractivity contribution in [2.45, 2.75) is 0 Å². The van der Waals surface area contributed by atoms with Gasteiger partial charge in [0, 0.05) is 16.3 Å². The molecule has 0 radical (unpaired) electrons. The molecular formula is C24H16Cl2N4O4S. The lowest BCUT2D eigenvalue weighted by Crippen LogP contribution is -2.36. The molecule has 0 unspecified atom stereocenters. The summed E-state index contributed by atoms with van der Waals surface area (Å²) in [5, 5.41) is 21.3. The standard InChI is InChI=1S/C24H16Cl2N4O4S/c25-15-6-8-19(18(26)12-15)29-28-17-7-9-20(31)14(10-17)11-21-23(33)30(24(34)35-21)13-22(32)27-16-4-2-1-3-5-16/h1-12,31H,13H2,(H,27,32)/b21-11-,29-28?. The van der Waals surface area contributed by atoms with Gasteiger partial charge in [-0.2, -0.15) is 5.11 Å². The number of rotatable bonds is 6. The number of nitrogens with zero attached hydrogens (tertiary/aromatic N) is 3. The van der Waals surface area contributed by atoms with E-state index in [0.29, 0.717) is 38.9 Å². The number of phenolic OH excluding ortho intramolecular Hbond substituents is 1. The van der Waals surface area contributed by atoms with Crippen molar-refractivity contribution in [3.05, 3.63) is 87.2 Å². The Morgan fingerprint density at radius 1 is 1.03 bits per heavy atom. The highest BCUT2D eigenvalue weighted by Crippen LogP contribution is 2.35. The number of imide groups is 1. The van der Waals surface area contributed by atoms with E-state index in [2.05, 4.69) is 15.5 Å². The molecule has 11 heteroatoms. The van der Waals surface area contributed by atoms with Crippen molar-refractivity contribution >= 4 is 75.2 Å². The van der Waals surface area contributed by atoms with Crippen LogP contribution in [0, 0.1) is 0 Å². The van der Waals surface area contributed by atoms with Crippen molar-refractivity contribution in [3.8, 4) is 5.75 Å². The smallest absolute Gasteiger partial charge is 0.294 e. The fourth-order valence-corrected chi connectivity index (χ4v) is 4.31. The van der Waals surface area contributed by atoms with Gasteiger partial charge in [0.25, 0.3) is 11.1 Å². The SMILES string of the molecule is O=C(CN1C(=O)S/C(=C\c2cc(N=Nc3ccc(Cl)cc3Cl)ccc2O)C1=O)Nc1ccccc1. The van der Waals surface area contributed by atoms with Crippen LogP contribution in [0.15, 0.2) is 81.9 Å². The Hall–Kier alpha value is -3.66. The first-order valence-corrected chi connectivity index (χ1v) is 11.7. The Kier molecular flexibility index (Phi) is 7.50. The summed E-state index contributed by atoms with van der Waals surface area (Å²) in [6.07, 6.45) is 1.36. The van der Waals surface area contributed by atoms with Gasteiger partial charge in [-0.25, -0.2) is 0 Å². The Labute approximate surface area is 214 Å². The Morgan fingerprint density at radius 2 is 1.80 bits per heavy atom. The van der Waals surface area contributed by atoms with E-state index in [1.807, 2.05) is 0 Å². The van der Waals surface area contributed by atoms with Gasteiger partial charge in [0.05, 0.1) is 15.6 Å². The molecule has 0 saturated carbocycles. The molecule has 1 aliphatic heterocycles. The first kappa shape index (κ1) is 24.5. The number of thioether (sulfide) groups is 1. The number of para-hydroxylation sites is 1. The lowest BCUT2D eigenvalue weighted by Gasteiger charge is -2.12. The second-order valence-electron chi connectivity index (χ2n) is 7.22. The van der Waals surface area contributed by atoms with E-state index in [9.17, 15) is 19.5 Å². The number of hydrogen-bond donors (Lipinski definition) is 2. The summed E-state index contributed by atoms with van der Waals surface area (Å²) in [7, 11) is 0.